The molecule has 2 aliphatic carbocycles. The van der Waals surface area contributed by atoms with Gasteiger partial charge in [0.1, 0.15) is 0 Å². The van der Waals surface area contributed by atoms with Gasteiger partial charge in [0, 0.05) is 0 Å². The largest absolute Gasteiger partial charge is 0.331 e. The minimum Gasteiger partial charge on any atom is -0.302 e. The number of hydrogen-bond acceptors (Lipinski definition) is 3. The first-order valence-corrected chi connectivity index (χ1v) is 11.1. The second kappa shape index (κ2) is 7.81. The van der Waals surface area contributed by atoms with Gasteiger partial charge < -0.3 is 9.05 Å². The standard InChI is InChI=1S/C18H35O3P/c1-4-5-16-22(19,20-17(2)12-8-6-9-13-17)21-18(3)14-10-7-11-15-18/h4-16H2,1-3H3. The van der Waals surface area contributed by atoms with Gasteiger partial charge in [0.05, 0.1) is 17.4 Å². The summed E-state index contributed by atoms with van der Waals surface area (Å²) in [6.07, 6.45) is 13.9. The second-order valence-electron chi connectivity index (χ2n) is 7.89. The van der Waals surface area contributed by atoms with Gasteiger partial charge in [-0.15, -0.1) is 0 Å². The van der Waals surface area contributed by atoms with Crippen molar-refractivity contribution < 1.29 is 13.6 Å². The van der Waals surface area contributed by atoms with Gasteiger partial charge >= 0.3 is 7.60 Å². The maximum Gasteiger partial charge on any atom is 0.331 e. The van der Waals surface area contributed by atoms with Crippen LogP contribution < -0.4 is 0 Å². The van der Waals surface area contributed by atoms with Crippen molar-refractivity contribution in [1.29, 1.82) is 0 Å². The van der Waals surface area contributed by atoms with Crippen molar-refractivity contribution in [1.82, 2.24) is 0 Å². The lowest BCUT2D eigenvalue weighted by molar-refractivity contribution is -0.0152. The van der Waals surface area contributed by atoms with Crippen molar-refractivity contribution in [3.05, 3.63) is 0 Å². The van der Waals surface area contributed by atoms with Crippen LogP contribution in [0, 0.1) is 0 Å². The average molecular weight is 330 g/mol. The van der Waals surface area contributed by atoms with Gasteiger partial charge in [0.25, 0.3) is 0 Å². The van der Waals surface area contributed by atoms with E-state index in [2.05, 4.69) is 20.8 Å². The number of hydrogen-bond donors (Lipinski definition) is 0. The maximum atomic E-state index is 13.5. The molecule has 0 heterocycles. The highest BCUT2D eigenvalue weighted by molar-refractivity contribution is 7.53. The van der Waals surface area contributed by atoms with Crippen LogP contribution in [0.4, 0.5) is 0 Å². The lowest BCUT2D eigenvalue weighted by Crippen LogP contribution is -2.35. The van der Waals surface area contributed by atoms with Crippen molar-refractivity contribution in [2.45, 2.75) is 109 Å². The first-order chi connectivity index (χ1) is 10.4. The molecule has 0 aromatic heterocycles. The van der Waals surface area contributed by atoms with Gasteiger partial charge in [0.2, 0.25) is 0 Å². The summed E-state index contributed by atoms with van der Waals surface area (Å²) < 4.78 is 26.0. The van der Waals surface area contributed by atoms with E-state index in [0.29, 0.717) is 6.16 Å². The molecule has 0 unspecified atom stereocenters. The molecule has 2 saturated carbocycles. The first kappa shape index (κ1) is 18.5. The third-order valence-electron chi connectivity index (χ3n) is 5.33. The van der Waals surface area contributed by atoms with E-state index in [9.17, 15) is 4.57 Å². The van der Waals surface area contributed by atoms with E-state index in [1.165, 1.54) is 38.5 Å². The Morgan fingerprint density at radius 2 is 1.23 bits per heavy atom. The summed E-state index contributed by atoms with van der Waals surface area (Å²) in [5.74, 6) is 0. The van der Waals surface area contributed by atoms with Gasteiger partial charge in [-0.2, -0.15) is 0 Å². The van der Waals surface area contributed by atoms with Crippen molar-refractivity contribution >= 4 is 7.60 Å². The Morgan fingerprint density at radius 1 is 0.818 bits per heavy atom. The highest BCUT2D eigenvalue weighted by atomic mass is 31.2. The van der Waals surface area contributed by atoms with Gasteiger partial charge in [-0.05, 0) is 46.0 Å². The van der Waals surface area contributed by atoms with Crippen LogP contribution in [-0.2, 0) is 13.6 Å². The highest BCUT2D eigenvalue weighted by Gasteiger charge is 2.42. The summed E-state index contributed by atoms with van der Waals surface area (Å²) in [5, 5.41) is 0. The van der Waals surface area contributed by atoms with Crippen molar-refractivity contribution in [2.75, 3.05) is 6.16 Å². The summed E-state index contributed by atoms with van der Waals surface area (Å²) in [4.78, 5) is 0. The van der Waals surface area contributed by atoms with Gasteiger partial charge in [-0.3, -0.25) is 4.57 Å². The summed E-state index contributed by atoms with van der Waals surface area (Å²) in [7, 11) is -3.00. The number of rotatable bonds is 7. The fourth-order valence-corrected chi connectivity index (χ4v) is 6.55. The van der Waals surface area contributed by atoms with Crippen LogP contribution in [0.1, 0.15) is 97.8 Å². The molecule has 2 aliphatic rings. The van der Waals surface area contributed by atoms with E-state index in [4.69, 9.17) is 9.05 Å². The van der Waals surface area contributed by atoms with Crippen molar-refractivity contribution in [2.24, 2.45) is 0 Å². The van der Waals surface area contributed by atoms with Gasteiger partial charge in [-0.1, -0.05) is 51.9 Å². The van der Waals surface area contributed by atoms with E-state index < -0.39 is 7.60 Å². The molecule has 0 bridgehead atoms. The van der Waals surface area contributed by atoms with E-state index in [-0.39, 0.29) is 11.2 Å². The molecule has 0 atom stereocenters. The smallest absolute Gasteiger partial charge is 0.302 e. The fraction of sp³-hybridized carbons (Fsp3) is 1.00. The van der Waals surface area contributed by atoms with Crippen LogP contribution in [-0.4, -0.2) is 17.4 Å². The zero-order valence-corrected chi connectivity index (χ0v) is 15.8. The minimum absolute atomic E-state index is 0.244. The summed E-state index contributed by atoms with van der Waals surface area (Å²) >= 11 is 0. The molecule has 0 amide bonds. The molecule has 0 N–H and O–H groups in total. The Hall–Kier alpha value is 0.150. The highest BCUT2D eigenvalue weighted by Crippen LogP contribution is 2.58. The SMILES string of the molecule is CCCCP(=O)(OC1(C)CCCCC1)OC1(C)CCCCC1. The molecule has 0 aromatic carbocycles. The third kappa shape index (κ3) is 5.35. The monoisotopic (exact) mass is 330 g/mol. The summed E-state index contributed by atoms with van der Waals surface area (Å²) in [6, 6.07) is 0. The van der Waals surface area contributed by atoms with Crippen LogP contribution in [0.25, 0.3) is 0 Å². The van der Waals surface area contributed by atoms with Crippen LogP contribution >= 0.6 is 7.60 Å². The zero-order chi connectivity index (χ0) is 16.1. The lowest BCUT2D eigenvalue weighted by atomic mass is 9.87. The zero-order valence-electron chi connectivity index (χ0n) is 14.9. The van der Waals surface area contributed by atoms with E-state index in [1.54, 1.807) is 0 Å². The molecule has 0 spiro atoms. The van der Waals surface area contributed by atoms with Crippen LogP contribution in [0.2, 0.25) is 0 Å². The molecule has 0 saturated heterocycles. The van der Waals surface area contributed by atoms with E-state index in [0.717, 1.165) is 38.5 Å². The van der Waals surface area contributed by atoms with Gasteiger partial charge in [0.15, 0.2) is 0 Å². The Balaban J connectivity index is 2.06. The predicted molar refractivity (Wildman–Crippen MR) is 92.5 cm³/mol. The second-order valence-corrected chi connectivity index (χ2v) is 9.93. The Bertz CT molecular complexity index is 352. The molecule has 0 aliphatic heterocycles. The first-order valence-electron chi connectivity index (χ1n) is 9.39. The fourth-order valence-electron chi connectivity index (χ4n) is 3.92. The third-order valence-corrected chi connectivity index (χ3v) is 7.63. The van der Waals surface area contributed by atoms with E-state index >= 15 is 0 Å². The Kier molecular flexibility index (Phi) is 6.57. The Morgan fingerprint density at radius 3 is 1.59 bits per heavy atom. The molecule has 2 fully saturated rings. The van der Waals surface area contributed by atoms with Crippen LogP contribution in [0.15, 0.2) is 0 Å². The lowest BCUT2D eigenvalue weighted by Gasteiger charge is -2.41. The topological polar surface area (TPSA) is 35.5 Å². The van der Waals surface area contributed by atoms with Crippen LogP contribution in [0.3, 0.4) is 0 Å². The predicted octanol–water partition coefficient (Wildman–Crippen LogP) is 6.46. The molecular formula is C18H35O3P. The average Bonchev–Trinajstić information content (AvgIpc) is 2.45. The molecule has 4 heteroatoms. The molecule has 130 valence electrons. The summed E-state index contributed by atoms with van der Waals surface area (Å²) in [6.45, 7) is 6.41. The quantitative estimate of drug-likeness (QED) is 0.503. The molecule has 22 heavy (non-hydrogen) atoms. The van der Waals surface area contributed by atoms with Crippen molar-refractivity contribution in [3.63, 3.8) is 0 Å². The van der Waals surface area contributed by atoms with Gasteiger partial charge in [-0.25, -0.2) is 0 Å². The van der Waals surface area contributed by atoms with Crippen molar-refractivity contribution in [3.8, 4) is 0 Å². The minimum atomic E-state index is -3.00. The van der Waals surface area contributed by atoms with E-state index in [1.807, 2.05) is 0 Å². The Labute approximate surface area is 137 Å². The normalized spacial score (nSPS) is 25.0. The molecule has 0 aromatic rings. The molecule has 3 nitrogen and oxygen atoms in total. The van der Waals surface area contributed by atoms with Crippen LogP contribution in [0.5, 0.6) is 0 Å². The summed E-state index contributed by atoms with van der Waals surface area (Å²) in [5.41, 5.74) is -0.487. The molecular weight excluding hydrogens is 295 g/mol. The maximum absolute atomic E-state index is 13.5. The molecule has 0 radical (unpaired) electrons. The molecule has 2 rings (SSSR count). The number of unbranched alkanes of at least 4 members (excludes halogenated alkanes) is 1.